The number of carboxylic acid groups (broad SMARTS) is 1. The van der Waals surface area contributed by atoms with Crippen molar-refractivity contribution in [3.05, 3.63) is 92.9 Å². The molecule has 0 atom stereocenters. The Morgan fingerprint density at radius 2 is 1.76 bits per heavy atom. The second kappa shape index (κ2) is 9.70. The number of benzene rings is 2. The van der Waals surface area contributed by atoms with Gasteiger partial charge >= 0.3 is 5.97 Å². The zero-order chi connectivity index (χ0) is 23.5. The number of nitrogens with one attached hydrogen (secondary N) is 1. The second-order valence-corrected chi connectivity index (χ2v) is 8.30. The third kappa shape index (κ3) is 5.06. The van der Waals surface area contributed by atoms with Gasteiger partial charge in [-0.1, -0.05) is 46.9 Å². The number of carbonyl (C=O) groups is 2. The van der Waals surface area contributed by atoms with Gasteiger partial charge in [0.1, 0.15) is 5.76 Å². The van der Waals surface area contributed by atoms with Crippen molar-refractivity contribution in [2.45, 2.75) is 13.0 Å². The lowest BCUT2D eigenvalue weighted by molar-refractivity contribution is -0.136. The van der Waals surface area contributed by atoms with Crippen molar-refractivity contribution in [3.8, 4) is 16.9 Å². The van der Waals surface area contributed by atoms with Gasteiger partial charge in [-0.15, -0.1) is 0 Å². The summed E-state index contributed by atoms with van der Waals surface area (Å²) in [6.07, 6.45) is 1.06. The number of rotatable bonds is 7. The van der Waals surface area contributed by atoms with Crippen LogP contribution in [0, 0.1) is 0 Å². The largest absolute Gasteiger partial charge is 0.481 e. The Hall–Kier alpha value is -3.26. The van der Waals surface area contributed by atoms with E-state index in [2.05, 4.69) is 10.4 Å². The van der Waals surface area contributed by atoms with Crippen LogP contribution in [0.2, 0.25) is 15.1 Å². The molecule has 7 nitrogen and oxygen atoms in total. The summed E-state index contributed by atoms with van der Waals surface area (Å²) in [6.45, 7) is 0.114. The summed E-state index contributed by atoms with van der Waals surface area (Å²) < 4.78 is 6.69. The van der Waals surface area contributed by atoms with Crippen molar-refractivity contribution >= 4 is 46.7 Å². The second-order valence-electron chi connectivity index (χ2n) is 7.02. The third-order valence-corrected chi connectivity index (χ3v) is 5.58. The first-order chi connectivity index (χ1) is 15.8. The molecule has 4 aromatic rings. The fraction of sp³-hybridized carbons (Fsp3) is 0.0870. The highest BCUT2D eigenvalue weighted by Crippen LogP contribution is 2.34. The maximum absolute atomic E-state index is 13.1. The lowest BCUT2D eigenvalue weighted by Crippen LogP contribution is -2.24. The third-order valence-electron chi connectivity index (χ3n) is 4.79. The van der Waals surface area contributed by atoms with Crippen LogP contribution < -0.4 is 5.32 Å². The fourth-order valence-corrected chi connectivity index (χ4v) is 3.96. The summed E-state index contributed by atoms with van der Waals surface area (Å²) in [4.78, 5) is 24.8. The van der Waals surface area contributed by atoms with E-state index in [0.717, 1.165) is 0 Å². The molecule has 4 rings (SSSR count). The highest BCUT2D eigenvalue weighted by Gasteiger charge is 2.27. The van der Waals surface area contributed by atoms with Crippen LogP contribution in [0.1, 0.15) is 21.8 Å². The van der Waals surface area contributed by atoms with Gasteiger partial charge in [-0.25, -0.2) is 4.68 Å². The Kier molecular flexibility index (Phi) is 6.74. The lowest BCUT2D eigenvalue weighted by atomic mass is 10.0. The number of carbonyl (C=O) groups excluding carboxylic acids is 1. The normalized spacial score (nSPS) is 10.9. The molecule has 0 saturated carbocycles. The molecule has 0 aliphatic heterocycles. The predicted octanol–water partition coefficient (Wildman–Crippen LogP) is 5.65. The smallest absolute Gasteiger partial charge is 0.307 e. The van der Waals surface area contributed by atoms with Crippen LogP contribution in [-0.4, -0.2) is 26.8 Å². The molecule has 0 saturated heterocycles. The van der Waals surface area contributed by atoms with E-state index in [4.69, 9.17) is 39.2 Å². The van der Waals surface area contributed by atoms with Gasteiger partial charge in [0.25, 0.3) is 5.91 Å². The number of amides is 1. The molecule has 0 unspecified atom stereocenters. The van der Waals surface area contributed by atoms with Gasteiger partial charge in [0, 0.05) is 21.2 Å². The van der Waals surface area contributed by atoms with Crippen LogP contribution in [-0.2, 0) is 17.8 Å². The Balaban J connectivity index is 1.89. The molecule has 1 amide bonds. The summed E-state index contributed by atoms with van der Waals surface area (Å²) in [5.41, 5.74) is 1.64. The first kappa shape index (κ1) is 22.9. The van der Waals surface area contributed by atoms with E-state index in [1.165, 1.54) is 10.9 Å². The first-order valence-electron chi connectivity index (χ1n) is 9.69. The van der Waals surface area contributed by atoms with E-state index >= 15 is 0 Å². The standard InChI is InChI=1S/C23H16Cl3N3O4/c24-14-5-3-13(4-6-14)22-17(11-20(30)31)21(23(32)27-12-16-2-1-9-33-16)28-29(22)19-8-7-15(25)10-18(19)26/h1-10H,11-12H2,(H,27,32)(H,30,31). The van der Waals surface area contributed by atoms with Gasteiger partial charge in [-0.3, -0.25) is 9.59 Å². The monoisotopic (exact) mass is 503 g/mol. The average molecular weight is 505 g/mol. The van der Waals surface area contributed by atoms with Crippen molar-refractivity contribution < 1.29 is 19.1 Å². The van der Waals surface area contributed by atoms with Gasteiger partial charge < -0.3 is 14.8 Å². The van der Waals surface area contributed by atoms with Crippen LogP contribution in [0.15, 0.2) is 65.3 Å². The summed E-state index contributed by atoms with van der Waals surface area (Å²) in [5, 5.41) is 18.0. The maximum atomic E-state index is 13.1. The lowest BCUT2D eigenvalue weighted by Gasteiger charge is -2.11. The minimum absolute atomic E-state index is 0.0417. The van der Waals surface area contributed by atoms with Crippen molar-refractivity contribution in [1.82, 2.24) is 15.1 Å². The molecule has 0 aliphatic carbocycles. The van der Waals surface area contributed by atoms with Crippen molar-refractivity contribution in [2.75, 3.05) is 0 Å². The van der Waals surface area contributed by atoms with E-state index in [1.54, 1.807) is 54.6 Å². The van der Waals surface area contributed by atoms with Gasteiger partial charge in [0.05, 0.1) is 35.6 Å². The first-order valence-corrected chi connectivity index (χ1v) is 10.8. The number of aliphatic carboxylic acids is 1. The number of hydrogen-bond donors (Lipinski definition) is 2. The number of furan rings is 1. The van der Waals surface area contributed by atoms with E-state index in [-0.39, 0.29) is 22.8 Å². The highest BCUT2D eigenvalue weighted by atomic mass is 35.5. The number of carboxylic acids is 1. The molecule has 2 aromatic heterocycles. The van der Waals surface area contributed by atoms with Crippen molar-refractivity contribution in [3.63, 3.8) is 0 Å². The Morgan fingerprint density at radius 1 is 1.03 bits per heavy atom. The molecule has 0 radical (unpaired) electrons. The molecule has 2 heterocycles. The molecular weight excluding hydrogens is 489 g/mol. The van der Waals surface area contributed by atoms with Crippen LogP contribution in [0.5, 0.6) is 0 Å². The molecule has 168 valence electrons. The number of nitrogens with zero attached hydrogens (tertiary/aromatic N) is 2. The fourth-order valence-electron chi connectivity index (χ4n) is 3.35. The van der Waals surface area contributed by atoms with E-state index < -0.39 is 18.3 Å². The Bertz CT molecular complexity index is 1320. The predicted molar refractivity (Wildman–Crippen MR) is 125 cm³/mol. The molecule has 33 heavy (non-hydrogen) atoms. The zero-order valence-corrected chi connectivity index (χ0v) is 19.2. The van der Waals surface area contributed by atoms with Gasteiger partial charge in [-0.2, -0.15) is 5.10 Å². The molecule has 10 heteroatoms. The average Bonchev–Trinajstić information content (AvgIpc) is 3.41. The SMILES string of the molecule is O=C(O)Cc1c(C(=O)NCc2ccco2)nn(-c2ccc(Cl)cc2Cl)c1-c1ccc(Cl)cc1. The number of halogens is 3. The zero-order valence-electron chi connectivity index (χ0n) is 16.9. The minimum Gasteiger partial charge on any atom is -0.481 e. The van der Waals surface area contributed by atoms with E-state index in [9.17, 15) is 14.7 Å². The van der Waals surface area contributed by atoms with E-state index in [1.807, 2.05) is 0 Å². The van der Waals surface area contributed by atoms with Gasteiger partial charge in [-0.05, 0) is 42.5 Å². The van der Waals surface area contributed by atoms with Crippen LogP contribution >= 0.6 is 34.8 Å². The maximum Gasteiger partial charge on any atom is 0.307 e. The quantitative estimate of drug-likeness (QED) is 0.339. The molecule has 0 fully saturated rings. The molecule has 2 N–H and O–H groups in total. The van der Waals surface area contributed by atoms with Crippen LogP contribution in [0.4, 0.5) is 0 Å². The van der Waals surface area contributed by atoms with Crippen molar-refractivity contribution in [2.24, 2.45) is 0 Å². The molecule has 0 bridgehead atoms. The van der Waals surface area contributed by atoms with Crippen LogP contribution in [0.25, 0.3) is 16.9 Å². The van der Waals surface area contributed by atoms with Gasteiger partial charge in [0.2, 0.25) is 0 Å². The van der Waals surface area contributed by atoms with Gasteiger partial charge in [0.15, 0.2) is 5.69 Å². The Labute approximate surface area is 203 Å². The van der Waals surface area contributed by atoms with E-state index in [0.29, 0.717) is 32.8 Å². The summed E-state index contributed by atoms with van der Waals surface area (Å²) in [5.74, 6) is -1.13. The number of aromatic nitrogens is 2. The molecule has 0 spiro atoms. The Morgan fingerprint density at radius 3 is 2.39 bits per heavy atom. The topological polar surface area (TPSA) is 97.4 Å². The van der Waals surface area contributed by atoms with Crippen molar-refractivity contribution in [1.29, 1.82) is 0 Å². The number of hydrogen-bond acceptors (Lipinski definition) is 4. The van der Waals surface area contributed by atoms with Crippen LogP contribution in [0.3, 0.4) is 0 Å². The molecule has 2 aromatic carbocycles. The summed E-state index contributed by atoms with van der Waals surface area (Å²) >= 11 is 18.5. The summed E-state index contributed by atoms with van der Waals surface area (Å²) in [6, 6.07) is 15.0. The molecular formula is C23H16Cl3N3O4. The highest BCUT2D eigenvalue weighted by molar-refractivity contribution is 6.35. The summed E-state index contributed by atoms with van der Waals surface area (Å²) in [7, 11) is 0. The minimum atomic E-state index is -1.12. The molecule has 0 aliphatic rings.